The molecule has 0 aromatic heterocycles. The minimum Gasteiger partial charge on any atom is -0.355 e. The fraction of sp³-hybridized carbons (Fsp3) is 0.857. The van der Waals surface area contributed by atoms with Crippen LogP contribution in [0.5, 0.6) is 0 Å². The Morgan fingerprint density at radius 3 is 2.35 bits per heavy atom. The van der Waals surface area contributed by atoms with Gasteiger partial charge < -0.3 is 5.32 Å². The van der Waals surface area contributed by atoms with Crippen molar-refractivity contribution in [3.8, 4) is 6.07 Å². The van der Waals surface area contributed by atoms with Gasteiger partial charge in [0, 0.05) is 12.5 Å². The molecule has 1 fully saturated rings. The summed E-state index contributed by atoms with van der Waals surface area (Å²) in [5.41, 5.74) is 0.363. The molecule has 0 atom stereocenters. The lowest BCUT2D eigenvalue weighted by Gasteiger charge is -2.36. The number of carbonyl (C=O) groups is 1. The Bertz CT molecular complexity index is 290. The number of carbonyl (C=O) groups excluding carboxylic acids is 1. The molecule has 0 heterocycles. The molecule has 0 aromatic rings. The van der Waals surface area contributed by atoms with Crippen molar-refractivity contribution in [1.29, 1.82) is 5.26 Å². The van der Waals surface area contributed by atoms with Crippen molar-refractivity contribution >= 4 is 5.91 Å². The van der Waals surface area contributed by atoms with Crippen LogP contribution >= 0.6 is 0 Å². The number of hydrogen-bond acceptors (Lipinski definition) is 2. The largest absolute Gasteiger partial charge is 0.355 e. The topological polar surface area (TPSA) is 52.9 Å². The van der Waals surface area contributed by atoms with Crippen LogP contribution in [0, 0.1) is 28.6 Å². The Morgan fingerprint density at radius 1 is 1.29 bits per heavy atom. The fourth-order valence-corrected chi connectivity index (χ4v) is 2.61. The molecule has 17 heavy (non-hydrogen) atoms. The molecule has 1 rings (SSSR count). The molecule has 3 heteroatoms. The summed E-state index contributed by atoms with van der Waals surface area (Å²) < 4.78 is 0. The molecule has 0 saturated heterocycles. The molecule has 0 aromatic carbocycles. The zero-order valence-corrected chi connectivity index (χ0v) is 11.3. The van der Waals surface area contributed by atoms with Crippen LogP contribution in [-0.4, -0.2) is 12.5 Å². The van der Waals surface area contributed by atoms with E-state index in [1.165, 1.54) is 0 Å². The van der Waals surface area contributed by atoms with E-state index in [9.17, 15) is 4.79 Å². The summed E-state index contributed by atoms with van der Waals surface area (Å²) in [5, 5.41) is 11.3. The SMILES string of the molecule is CC(C)(C)C1CCC(C(=O)NCCC#N)CC1. The molecule has 1 N–H and O–H groups in total. The van der Waals surface area contributed by atoms with Gasteiger partial charge in [-0.1, -0.05) is 20.8 Å². The first kappa shape index (κ1) is 14.0. The van der Waals surface area contributed by atoms with Gasteiger partial charge in [0.2, 0.25) is 5.91 Å². The van der Waals surface area contributed by atoms with Gasteiger partial charge in [0.05, 0.1) is 12.5 Å². The normalized spacial score (nSPS) is 25.1. The van der Waals surface area contributed by atoms with E-state index >= 15 is 0 Å². The van der Waals surface area contributed by atoms with E-state index in [4.69, 9.17) is 5.26 Å². The summed E-state index contributed by atoms with van der Waals surface area (Å²) in [6, 6.07) is 2.04. The van der Waals surface area contributed by atoms with Crippen molar-refractivity contribution in [2.45, 2.75) is 52.9 Å². The molecular weight excluding hydrogens is 212 g/mol. The lowest BCUT2D eigenvalue weighted by molar-refractivity contribution is -0.126. The van der Waals surface area contributed by atoms with E-state index in [2.05, 4.69) is 26.1 Å². The first-order chi connectivity index (χ1) is 7.95. The predicted octanol–water partition coefficient (Wildman–Crippen LogP) is 2.87. The van der Waals surface area contributed by atoms with Gasteiger partial charge in [-0.3, -0.25) is 4.79 Å². The van der Waals surface area contributed by atoms with E-state index in [1.807, 2.05) is 6.07 Å². The highest BCUT2D eigenvalue weighted by Crippen LogP contribution is 2.39. The van der Waals surface area contributed by atoms with Gasteiger partial charge >= 0.3 is 0 Å². The third-order valence-corrected chi connectivity index (χ3v) is 3.86. The van der Waals surface area contributed by atoms with Crippen LogP contribution in [0.2, 0.25) is 0 Å². The standard InChI is InChI=1S/C14H24N2O/c1-14(2,3)12-7-5-11(6-8-12)13(17)16-10-4-9-15/h11-12H,4-8,10H2,1-3H3,(H,16,17). The fourth-order valence-electron chi connectivity index (χ4n) is 2.61. The van der Waals surface area contributed by atoms with Crippen molar-refractivity contribution in [3.05, 3.63) is 0 Å². The summed E-state index contributed by atoms with van der Waals surface area (Å²) in [5.74, 6) is 1.06. The Morgan fingerprint density at radius 2 is 1.88 bits per heavy atom. The van der Waals surface area contributed by atoms with Gasteiger partial charge in [0.15, 0.2) is 0 Å². The zero-order valence-electron chi connectivity index (χ0n) is 11.3. The van der Waals surface area contributed by atoms with Crippen LogP contribution in [0.1, 0.15) is 52.9 Å². The van der Waals surface area contributed by atoms with Gasteiger partial charge in [0.25, 0.3) is 0 Å². The minimum atomic E-state index is 0.146. The number of hydrogen-bond donors (Lipinski definition) is 1. The van der Waals surface area contributed by atoms with Crippen LogP contribution in [0.3, 0.4) is 0 Å². The average molecular weight is 236 g/mol. The third-order valence-electron chi connectivity index (χ3n) is 3.86. The van der Waals surface area contributed by atoms with Crippen molar-refractivity contribution in [2.75, 3.05) is 6.54 Å². The number of nitrogens with one attached hydrogen (secondary N) is 1. The monoisotopic (exact) mass is 236 g/mol. The molecule has 0 radical (unpaired) electrons. The molecule has 0 bridgehead atoms. The zero-order chi connectivity index (χ0) is 12.9. The summed E-state index contributed by atoms with van der Waals surface area (Å²) in [6.07, 6.45) is 4.71. The van der Waals surface area contributed by atoms with Crippen molar-refractivity contribution in [2.24, 2.45) is 17.3 Å². The number of amides is 1. The number of nitrogens with zero attached hydrogens (tertiary/aromatic N) is 1. The highest BCUT2D eigenvalue weighted by Gasteiger charge is 2.32. The van der Waals surface area contributed by atoms with E-state index in [-0.39, 0.29) is 11.8 Å². The molecule has 1 amide bonds. The van der Waals surface area contributed by atoms with Crippen LogP contribution in [0.4, 0.5) is 0 Å². The van der Waals surface area contributed by atoms with Crippen molar-refractivity contribution in [3.63, 3.8) is 0 Å². The Labute approximate surface area is 105 Å². The maximum Gasteiger partial charge on any atom is 0.223 e. The van der Waals surface area contributed by atoms with E-state index in [1.54, 1.807) is 0 Å². The maximum atomic E-state index is 11.8. The predicted molar refractivity (Wildman–Crippen MR) is 68.1 cm³/mol. The first-order valence-electron chi connectivity index (χ1n) is 6.60. The van der Waals surface area contributed by atoms with Gasteiger partial charge in [-0.25, -0.2) is 0 Å². The molecule has 0 spiro atoms. The molecule has 1 aliphatic carbocycles. The number of rotatable bonds is 3. The lowest BCUT2D eigenvalue weighted by atomic mass is 9.69. The maximum absolute atomic E-state index is 11.8. The lowest BCUT2D eigenvalue weighted by Crippen LogP contribution is -2.35. The molecule has 1 aliphatic rings. The molecule has 1 saturated carbocycles. The van der Waals surface area contributed by atoms with E-state index in [0.717, 1.165) is 31.6 Å². The molecule has 0 aliphatic heterocycles. The second-order valence-electron chi connectivity index (χ2n) is 6.11. The average Bonchev–Trinajstić information content (AvgIpc) is 2.28. The Kier molecular flexibility index (Phi) is 4.99. The third kappa shape index (κ3) is 4.38. The highest BCUT2D eigenvalue weighted by molar-refractivity contribution is 5.78. The summed E-state index contributed by atoms with van der Waals surface area (Å²) in [6.45, 7) is 7.34. The van der Waals surface area contributed by atoms with Crippen LogP contribution < -0.4 is 5.32 Å². The molecular formula is C14H24N2O. The van der Waals surface area contributed by atoms with Gasteiger partial charge in [-0.15, -0.1) is 0 Å². The summed E-state index contributed by atoms with van der Waals surface area (Å²) in [4.78, 5) is 11.8. The summed E-state index contributed by atoms with van der Waals surface area (Å²) >= 11 is 0. The Hall–Kier alpha value is -1.04. The van der Waals surface area contributed by atoms with Crippen LogP contribution in [-0.2, 0) is 4.79 Å². The summed E-state index contributed by atoms with van der Waals surface area (Å²) in [7, 11) is 0. The van der Waals surface area contributed by atoms with E-state index in [0.29, 0.717) is 18.4 Å². The second kappa shape index (κ2) is 6.05. The molecule has 0 unspecified atom stereocenters. The van der Waals surface area contributed by atoms with Gasteiger partial charge in [0.1, 0.15) is 0 Å². The van der Waals surface area contributed by atoms with Crippen molar-refractivity contribution < 1.29 is 4.79 Å². The van der Waals surface area contributed by atoms with Crippen LogP contribution in [0.15, 0.2) is 0 Å². The molecule has 96 valence electrons. The van der Waals surface area contributed by atoms with Crippen LogP contribution in [0.25, 0.3) is 0 Å². The highest BCUT2D eigenvalue weighted by atomic mass is 16.1. The smallest absolute Gasteiger partial charge is 0.223 e. The molecule has 3 nitrogen and oxygen atoms in total. The minimum absolute atomic E-state index is 0.146. The second-order valence-corrected chi connectivity index (χ2v) is 6.11. The van der Waals surface area contributed by atoms with E-state index < -0.39 is 0 Å². The Balaban J connectivity index is 2.32. The quantitative estimate of drug-likeness (QED) is 0.766. The number of nitriles is 1. The van der Waals surface area contributed by atoms with Gasteiger partial charge in [-0.2, -0.15) is 5.26 Å². The first-order valence-corrected chi connectivity index (χ1v) is 6.60. The van der Waals surface area contributed by atoms with Crippen molar-refractivity contribution in [1.82, 2.24) is 5.32 Å². The van der Waals surface area contributed by atoms with Gasteiger partial charge in [-0.05, 0) is 37.0 Å².